The lowest BCUT2D eigenvalue weighted by Gasteiger charge is -2.23. The van der Waals surface area contributed by atoms with Crippen molar-refractivity contribution in [1.29, 1.82) is 0 Å². The smallest absolute Gasteiger partial charge is 0.0722 e. The average molecular weight is 267 g/mol. The summed E-state index contributed by atoms with van der Waals surface area (Å²) in [6, 6.07) is 0. The Balaban J connectivity index is 2.83. The maximum Gasteiger partial charge on any atom is 0.0722 e. The second-order valence-corrected chi connectivity index (χ2v) is 6.28. The molecule has 4 heteroatoms. The second-order valence-electron chi connectivity index (χ2n) is 6.28. The van der Waals surface area contributed by atoms with E-state index in [-0.39, 0.29) is 12.0 Å². The normalized spacial score (nSPS) is 12.4. The van der Waals surface area contributed by atoms with Crippen LogP contribution in [0.3, 0.4) is 0 Å². The predicted molar refractivity (Wildman–Crippen MR) is 79.2 cm³/mol. The van der Waals surface area contributed by atoms with Crippen LogP contribution < -0.4 is 0 Å². The first kappa shape index (κ1) is 16.2. The van der Waals surface area contributed by atoms with Crippen molar-refractivity contribution in [1.82, 2.24) is 14.7 Å². The Hall–Kier alpha value is -0.870. The van der Waals surface area contributed by atoms with E-state index in [1.54, 1.807) is 0 Å². The maximum atomic E-state index is 9.19. The zero-order valence-corrected chi connectivity index (χ0v) is 13.1. The van der Waals surface area contributed by atoms with E-state index in [1.807, 2.05) is 11.7 Å². The molecule has 1 aromatic heterocycles. The molecule has 0 aromatic carbocycles. The fourth-order valence-corrected chi connectivity index (χ4v) is 2.32. The van der Waals surface area contributed by atoms with Gasteiger partial charge in [-0.25, -0.2) is 0 Å². The topological polar surface area (TPSA) is 41.3 Å². The van der Waals surface area contributed by atoms with Gasteiger partial charge in [-0.1, -0.05) is 34.1 Å². The minimum Gasteiger partial charge on any atom is -0.395 e. The van der Waals surface area contributed by atoms with Gasteiger partial charge in [0.05, 0.1) is 12.3 Å². The van der Waals surface area contributed by atoms with Crippen LogP contribution in [-0.2, 0) is 19.0 Å². The molecule has 0 unspecified atom stereocenters. The first-order valence-corrected chi connectivity index (χ1v) is 7.24. The number of aromatic nitrogens is 2. The van der Waals surface area contributed by atoms with Crippen molar-refractivity contribution in [3.05, 3.63) is 17.5 Å². The van der Waals surface area contributed by atoms with Crippen molar-refractivity contribution in [2.75, 3.05) is 19.7 Å². The highest BCUT2D eigenvalue weighted by atomic mass is 16.3. The molecule has 0 aliphatic heterocycles. The van der Waals surface area contributed by atoms with Crippen molar-refractivity contribution in [2.45, 2.75) is 52.5 Å². The Morgan fingerprint density at radius 3 is 2.53 bits per heavy atom. The third-order valence-corrected chi connectivity index (χ3v) is 3.25. The molecule has 0 saturated heterocycles. The molecule has 1 aromatic rings. The van der Waals surface area contributed by atoms with E-state index in [9.17, 15) is 5.11 Å². The lowest BCUT2D eigenvalue weighted by atomic mass is 9.89. The van der Waals surface area contributed by atoms with Gasteiger partial charge in [-0.15, -0.1) is 0 Å². The molecule has 4 nitrogen and oxygen atoms in total. The van der Waals surface area contributed by atoms with Crippen LogP contribution in [-0.4, -0.2) is 39.5 Å². The third kappa shape index (κ3) is 4.96. The Morgan fingerprint density at radius 1 is 1.32 bits per heavy atom. The first-order chi connectivity index (χ1) is 8.88. The zero-order chi connectivity index (χ0) is 14.5. The fraction of sp³-hybridized carbons (Fsp3) is 0.800. The lowest BCUT2D eigenvalue weighted by Crippen LogP contribution is -2.28. The van der Waals surface area contributed by atoms with E-state index in [4.69, 9.17) is 0 Å². The van der Waals surface area contributed by atoms with Crippen LogP contribution in [0.5, 0.6) is 0 Å². The summed E-state index contributed by atoms with van der Waals surface area (Å²) in [5, 5.41) is 13.8. The molecule has 110 valence electrons. The molecule has 1 heterocycles. The molecule has 1 N–H and O–H groups in total. The summed E-state index contributed by atoms with van der Waals surface area (Å²) in [5.41, 5.74) is 2.50. The molecule has 0 bridgehead atoms. The molecule has 0 aliphatic rings. The summed E-state index contributed by atoms with van der Waals surface area (Å²) in [5.74, 6) is 0. The van der Waals surface area contributed by atoms with Gasteiger partial charge in [-0.05, 0) is 13.0 Å². The molecule has 0 spiro atoms. The van der Waals surface area contributed by atoms with Gasteiger partial charge in [-0.2, -0.15) is 5.10 Å². The number of hydrogen-bond donors (Lipinski definition) is 1. The van der Waals surface area contributed by atoms with Crippen LogP contribution in [0.2, 0.25) is 0 Å². The monoisotopic (exact) mass is 267 g/mol. The quantitative estimate of drug-likeness (QED) is 0.824. The SMILES string of the molecule is CCCCN(CCO)Cc1cn(C)nc1C(C)(C)C. The van der Waals surface area contributed by atoms with Crippen LogP contribution >= 0.6 is 0 Å². The number of aliphatic hydroxyl groups is 1. The van der Waals surface area contributed by atoms with E-state index >= 15 is 0 Å². The Kier molecular flexibility index (Phi) is 6.01. The molecule has 0 radical (unpaired) electrons. The number of aryl methyl sites for hydroxylation is 1. The highest BCUT2D eigenvalue weighted by Crippen LogP contribution is 2.25. The third-order valence-electron chi connectivity index (χ3n) is 3.25. The summed E-state index contributed by atoms with van der Waals surface area (Å²) in [6.07, 6.45) is 4.46. The Bertz CT molecular complexity index is 379. The number of hydrogen-bond acceptors (Lipinski definition) is 3. The van der Waals surface area contributed by atoms with Crippen molar-refractivity contribution in [3.8, 4) is 0 Å². The minimum absolute atomic E-state index is 0.0617. The van der Waals surface area contributed by atoms with Gasteiger partial charge >= 0.3 is 0 Å². The van der Waals surface area contributed by atoms with Gasteiger partial charge in [0, 0.05) is 37.3 Å². The van der Waals surface area contributed by atoms with Gasteiger partial charge in [0.15, 0.2) is 0 Å². The zero-order valence-electron chi connectivity index (χ0n) is 13.1. The van der Waals surface area contributed by atoms with Gasteiger partial charge < -0.3 is 5.11 Å². The number of rotatable bonds is 7. The maximum absolute atomic E-state index is 9.19. The largest absolute Gasteiger partial charge is 0.395 e. The van der Waals surface area contributed by atoms with Crippen LogP contribution in [0.4, 0.5) is 0 Å². The molecule has 1 rings (SSSR count). The lowest BCUT2D eigenvalue weighted by molar-refractivity contribution is 0.187. The summed E-state index contributed by atoms with van der Waals surface area (Å²) in [7, 11) is 1.97. The van der Waals surface area contributed by atoms with Crippen LogP contribution in [0.15, 0.2) is 6.20 Å². The van der Waals surface area contributed by atoms with Gasteiger partial charge in [-0.3, -0.25) is 9.58 Å². The van der Waals surface area contributed by atoms with Gasteiger partial charge in [0.25, 0.3) is 0 Å². The number of aliphatic hydroxyl groups excluding tert-OH is 1. The molecule has 19 heavy (non-hydrogen) atoms. The van der Waals surface area contributed by atoms with Gasteiger partial charge in [0.1, 0.15) is 0 Å². The predicted octanol–water partition coefficient (Wildman–Crippen LogP) is 2.31. The standard InChI is InChI=1S/C15H29N3O/c1-6-7-8-18(9-10-19)12-13-11-17(5)16-14(13)15(2,3)4/h11,19H,6-10,12H2,1-5H3. The molecule has 0 saturated carbocycles. The van der Waals surface area contributed by atoms with E-state index in [0.717, 1.165) is 25.3 Å². The van der Waals surface area contributed by atoms with Crippen molar-refractivity contribution in [2.24, 2.45) is 7.05 Å². The molecule has 0 aliphatic carbocycles. The highest BCUT2D eigenvalue weighted by molar-refractivity contribution is 5.24. The van der Waals surface area contributed by atoms with E-state index in [0.29, 0.717) is 0 Å². The van der Waals surface area contributed by atoms with Crippen molar-refractivity contribution in [3.63, 3.8) is 0 Å². The summed E-state index contributed by atoms with van der Waals surface area (Å²) < 4.78 is 1.90. The van der Waals surface area contributed by atoms with Gasteiger partial charge in [0.2, 0.25) is 0 Å². The average Bonchev–Trinajstić information content (AvgIpc) is 2.67. The van der Waals surface area contributed by atoms with E-state index < -0.39 is 0 Å². The first-order valence-electron chi connectivity index (χ1n) is 7.24. The summed E-state index contributed by atoms with van der Waals surface area (Å²) >= 11 is 0. The Morgan fingerprint density at radius 2 is 2.00 bits per heavy atom. The van der Waals surface area contributed by atoms with Crippen molar-refractivity contribution < 1.29 is 5.11 Å². The summed E-state index contributed by atoms with van der Waals surface area (Å²) in [6.45, 7) is 11.6. The van der Waals surface area contributed by atoms with Crippen LogP contribution in [0, 0.1) is 0 Å². The Labute approximate surface area is 117 Å². The van der Waals surface area contributed by atoms with Crippen LogP contribution in [0.25, 0.3) is 0 Å². The molecular weight excluding hydrogens is 238 g/mol. The molecule has 0 amide bonds. The fourth-order valence-electron chi connectivity index (χ4n) is 2.32. The summed E-state index contributed by atoms with van der Waals surface area (Å²) in [4.78, 5) is 2.32. The molecule has 0 fully saturated rings. The number of unbranched alkanes of at least 4 members (excludes halogenated alkanes) is 1. The van der Waals surface area contributed by atoms with E-state index in [1.165, 1.54) is 18.4 Å². The molecule has 0 atom stereocenters. The minimum atomic E-state index is 0.0617. The van der Waals surface area contributed by atoms with E-state index in [2.05, 4.69) is 43.9 Å². The van der Waals surface area contributed by atoms with Crippen molar-refractivity contribution >= 4 is 0 Å². The second kappa shape index (κ2) is 7.06. The number of nitrogens with zero attached hydrogens (tertiary/aromatic N) is 3. The molecular formula is C15H29N3O. The highest BCUT2D eigenvalue weighted by Gasteiger charge is 2.22. The van der Waals surface area contributed by atoms with Crippen LogP contribution in [0.1, 0.15) is 51.8 Å².